The molecule has 1 aromatic carbocycles. The van der Waals surface area contributed by atoms with Crippen molar-refractivity contribution in [1.29, 1.82) is 0 Å². The van der Waals surface area contributed by atoms with E-state index < -0.39 is 0 Å². The Balaban J connectivity index is 1.50. The Bertz CT molecular complexity index is 1090. The van der Waals surface area contributed by atoms with Crippen LogP contribution in [0.15, 0.2) is 30.3 Å². The molecule has 1 aliphatic rings. The normalized spacial score (nSPS) is 18.0. The van der Waals surface area contributed by atoms with Crippen LogP contribution in [0.2, 0.25) is 0 Å². The topological polar surface area (TPSA) is 77.0 Å². The quantitative estimate of drug-likeness (QED) is 0.712. The number of pyridine rings is 1. The zero-order valence-electron chi connectivity index (χ0n) is 18.4. The maximum absolute atomic E-state index is 13.2. The number of nitrogens with zero attached hydrogens (tertiary/aromatic N) is 4. The van der Waals surface area contributed by atoms with Gasteiger partial charge in [0.15, 0.2) is 0 Å². The highest BCUT2D eigenvalue weighted by atomic mass is 16.2. The van der Waals surface area contributed by atoms with E-state index in [0.29, 0.717) is 13.1 Å². The van der Waals surface area contributed by atoms with Crippen molar-refractivity contribution >= 4 is 22.5 Å². The van der Waals surface area contributed by atoms with Crippen molar-refractivity contribution in [2.75, 3.05) is 18.8 Å². The first-order valence-corrected chi connectivity index (χ1v) is 10.8. The van der Waals surface area contributed by atoms with E-state index in [1.54, 1.807) is 0 Å². The third-order valence-electron chi connectivity index (χ3n) is 6.52. The summed E-state index contributed by atoms with van der Waals surface area (Å²) >= 11 is 0. The van der Waals surface area contributed by atoms with E-state index in [1.807, 2.05) is 53.8 Å². The fraction of sp³-hybridized carbons (Fsp3) is 0.458. The highest BCUT2D eigenvalue weighted by Crippen LogP contribution is 2.32. The number of carbonyl (C=O) groups is 1. The Kier molecular flexibility index (Phi) is 5.50. The summed E-state index contributed by atoms with van der Waals surface area (Å²) in [5.41, 5.74) is 12.3. The van der Waals surface area contributed by atoms with Crippen LogP contribution in [-0.2, 0) is 11.3 Å². The predicted molar refractivity (Wildman–Crippen MR) is 120 cm³/mol. The maximum atomic E-state index is 13.2. The number of aromatic nitrogens is 3. The minimum absolute atomic E-state index is 0.122. The van der Waals surface area contributed by atoms with Gasteiger partial charge in [-0.15, -0.1) is 0 Å². The van der Waals surface area contributed by atoms with Crippen molar-refractivity contribution in [3.63, 3.8) is 0 Å². The van der Waals surface area contributed by atoms with Gasteiger partial charge in [0.1, 0.15) is 0 Å². The number of piperidine rings is 1. The van der Waals surface area contributed by atoms with Gasteiger partial charge in [-0.05, 0) is 51.3 Å². The predicted octanol–water partition coefficient (Wildman–Crippen LogP) is 3.98. The zero-order valence-corrected chi connectivity index (χ0v) is 18.4. The lowest BCUT2D eigenvalue weighted by molar-refractivity contribution is -0.136. The number of benzene rings is 1. The van der Waals surface area contributed by atoms with Crippen LogP contribution in [0.3, 0.4) is 0 Å². The molecule has 1 amide bonds. The molecule has 0 radical (unpaired) electrons. The first-order valence-electron chi connectivity index (χ1n) is 10.8. The lowest BCUT2D eigenvalue weighted by Crippen LogP contribution is -2.43. The number of para-hydroxylation sites is 1. The molecule has 0 saturated carbocycles. The fourth-order valence-electron chi connectivity index (χ4n) is 4.49. The van der Waals surface area contributed by atoms with Gasteiger partial charge >= 0.3 is 0 Å². The van der Waals surface area contributed by atoms with Gasteiger partial charge in [0.2, 0.25) is 5.91 Å². The van der Waals surface area contributed by atoms with Gasteiger partial charge in [0.25, 0.3) is 0 Å². The van der Waals surface area contributed by atoms with Crippen molar-refractivity contribution in [2.24, 2.45) is 5.92 Å². The van der Waals surface area contributed by atoms with Crippen LogP contribution < -0.4 is 5.73 Å². The van der Waals surface area contributed by atoms with Crippen molar-refractivity contribution < 1.29 is 4.79 Å². The van der Waals surface area contributed by atoms with E-state index in [0.717, 1.165) is 53.1 Å². The Labute approximate surface area is 178 Å². The zero-order chi connectivity index (χ0) is 21.4. The lowest BCUT2D eigenvalue weighted by Gasteiger charge is -2.34. The SMILES string of the molecule is Cc1nn(C[C@@H](C)C(=O)N2CCC[C@H](c3nc4ccccc4cc3N)C2)c(C)c1C. The number of carbonyl (C=O) groups excluding carboxylic acids is 1. The second kappa shape index (κ2) is 8.09. The van der Waals surface area contributed by atoms with Crippen LogP contribution in [0.1, 0.15) is 48.3 Å². The number of amides is 1. The van der Waals surface area contributed by atoms with Crippen LogP contribution in [0.4, 0.5) is 5.69 Å². The van der Waals surface area contributed by atoms with Crippen molar-refractivity contribution in [3.05, 3.63) is 53.0 Å². The second-order valence-electron chi connectivity index (χ2n) is 8.66. The third-order valence-corrected chi connectivity index (χ3v) is 6.52. The first-order chi connectivity index (χ1) is 14.3. The van der Waals surface area contributed by atoms with Gasteiger partial charge in [0, 0.05) is 30.1 Å². The van der Waals surface area contributed by atoms with Crippen molar-refractivity contribution in [2.45, 2.75) is 53.0 Å². The molecule has 1 aliphatic heterocycles. The number of fused-ring (bicyclic) bond motifs is 1. The molecular weight excluding hydrogens is 374 g/mol. The number of hydrogen-bond acceptors (Lipinski definition) is 4. The standard InChI is InChI=1S/C24H31N5O/c1-15(13-29-18(4)16(2)17(3)27-29)24(30)28-11-7-9-20(14-28)23-21(25)12-19-8-5-6-10-22(19)26-23/h5-6,8,10,12,15,20H,7,9,11,13-14,25H2,1-4H3/t15-,20+/m1/s1. The van der Waals surface area contributed by atoms with Crippen molar-refractivity contribution in [1.82, 2.24) is 19.7 Å². The first kappa shape index (κ1) is 20.4. The van der Waals surface area contributed by atoms with Gasteiger partial charge in [-0.2, -0.15) is 5.10 Å². The average molecular weight is 406 g/mol. The summed E-state index contributed by atoms with van der Waals surface area (Å²) in [7, 11) is 0. The Morgan fingerprint density at radius 3 is 2.77 bits per heavy atom. The van der Waals surface area contributed by atoms with Gasteiger partial charge in [-0.25, -0.2) is 0 Å². The number of hydrogen-bond donors (Lipinski definition) is 1. The molecule has 1 saturated heterocycles. The summed E-state index contributed by atoms with van der Waals surface area (Å²) < 4.78 is 1.97. The highest BCUT2D eigenvalue weighted by molar-refractivity contribution is 5.82. The molecule has 3 aromatic rings. The number of aryl methyl sites for hydroxylation is 1. The molecule has 30 heavy (non-hydrogen) atoms. The number of likely N-dealkylation sites (tertiary alicyclic amines) is 1. The third kappa shape index (κ3) is 3.78. The molecule has 2 atom stereocenters. The molecule has 6 nitrogen and oxygen atoms in total. The van der Waals surface area contributed by atoms with Crippen LogP contribution in [-0.4, -0.2) is 38.7 Å². The highest BCUT2D eigenvalue weighted by Gasteiger charge is 2.30. The van der Waals surface area contributed by atoms with E-state index >= 15 is 0 Å². The number of nitrogens with two attached hydrogens (primary N) is 1. The molecule has 1 fully saturated rings. The number of nitrogen functional groups attached to an aromatic ring is 1. The van der Waals surface area contributed by atoms with E-state index in [-0.39, 0.29) is 17.7 Å². The molecule has 4 rings (SSSR count). The van der Waals surface area contributed by atoms with E-state index in [9.17, 15) is 4.79 Å². The van der Waals surface area contributed by atoms with Gasteiger partial charge < -0.3 is 10.6 Å². The van der Waals surface area contributed by atoms with Gasteiger partial charge in [0.05, 0.1) is 35.1 Å². The van der Waals surface area contributed by atoms with Gasteiger partial charge in [-0.3, -0.25) is 14.5 Å². The van der Waals surface area contributed by atoms with Gasteiger partial charge in [-0.1, -0.05) is 25.1 Å². The average Bonchev–Trinajstić information content (AvgIpc) is 2.99. The number of rotatable bonds is 4. The largest absolute Gasteiger partial charge is 0.397 e. The molecule has 0 aliphatic carbocycles. The Morgan fingerprint density at radius 1 is 1.27 bits per heavy atom. The van der Waals surface area contributed by atoms with E-state index in [2.05, 4.69) is 18.9 Å². The Hall–Kier alpha value is -2.89. The fourth-order valence-corrected chi connectivity index (χ4v) is 4.49. The van der Waals surface area contributed by atoms with Crippen LogP contribution in [0, 0.1) is 26.7 Å². The summed E-state index contributed by atoms with van der Waals surface area (Å²) in [6.45, 7) is 10.2. The Morgan fingerprint density at radius 2 is 2.03 bits per heavy atom. The summed E-state index contributed by atoms with van der Waals surface area (Å²) in [6, 6.07) is 10.0. The van der Waals surface area contributed by atoms with Crippen LogP contribution in [0.25, 0.3) is 10.9 Å². The monoisotopic (exact) mass is 405 g/mol. The summed E-state index contributed by atoms with van der Waals surface area (Å²) in [5.74, 6) is 0.239. The summed E-state index contributed by atoms with van der Waals surface area (Å²) in [6.07, 6.45) is 1.97. The van der Waals surface area contributed by atoms with Crippen LogP contribution >= 0.6 is 0 Å². The minimum Gasteiger partial charge on any atom is -0.397 e. The number of anilines is 1. The molecular formula is C24H31N5O. The van der Waals surface area contributed by atoms with E-state index in [4.69, 9.17) is 10.7 Å². The van der Waals surface area contributed by atoms with E-state index in [1.165, 1.54) is 5.56 Å². The molecule has 2 N–H and O–H groups in total. The molecule has 0 spiro atoms. The molecule has 158 valence electrons. The molecule has 3 heterocycles. The minimum atomic E-state index is -0.122. The second-order valence-corrected chi connectivity index (χ2v) is 8.66. The summed E-state index contributed by atoms with van der Waals surface area (Å²) in [5, 5.41) is 5.65. The molecule has 2 aromatic heterocycles. The van der Waals surface area contributed by atoms with Crippen LogP contribution in [0.5, 0.6) is 0 Å². The lowest BCUT2D eigenvalue weighted by atomic mass is 9.92. The maximum Gasteiger partial charge on any atom is 0.227 e. The van der Waals surface area contributed by atoms with Crippen molar-refractivity contribution in [3.8, 4) is 0 Å². The molecule has 6 heteroatoms. The summed E-state index contributed by atoms with van der Waals surface area (Å²) in [4.78, 5) is 20.1. The molecule has 0 bridgehead atoms. The molecule has 0 unspecified atom stereocenters. The smallest absolute Gasteiger partial charge is 0.227 e.